The number of nitrogens with one attached hydrogen (secondary N) is 1. The molecule has 1 aliphatic rings. The van der Waals surface area contributed by atoms with Crippen LogP contribution in [0.1, 0.15) is 18.4 Å². The van der Waals surface area contributed by atoms with E-state index in [4.69, 9.17) is 9.72 Å². The minimum atomic E-state index is -0.509. The predicted molar refractivity (Wildman–Crippen MR) is 116 cm³/mol. The van der Waals surface area contributed by atoms with Gasteiger partial charge in [0.05, 0.1) is 19.2 Å². The van der Waals surface area contributed by atoms with Gasteiger partial charge in [0.25, 0.3) is 5.56 Å². The minimum absolute atomic E-state index is 0.0395. The highest BCUT2D eigenvalue weighted by molar-refractivity contribution is 5.77. The van der Waals surface area contributed by atoms with Crippen molar-refractivity contribution >= 4 is 11.2 Å². The summed E-state index contributed by atoms with van der Waals surface area (Å²) < 4.78 is 9.08. The van der Waals surface area contributed by atoms with Gasteiger partial charge in [0.2, 0.25) is 0 Å². The predicted octanol–water partition coefficient (Wildman–Crippen LogP) is 2.49. The summed E-state index contributed by atoms with van der Waals surface area (Å²) in [6.45, 7) is 1.41. The number of ether oxygens (including phenoxy) is 1. The molecule has 0 spiro atoms. The number of H-pyrrole nitrogens is 1. The SMILES string of the molecule is O=c1[nH]c(=O)n(Cc2ccccc2)c2nc(-c3cccc(O)c3)n(C[C@H]3CCCO3)c12. The number of hydrogen-bond donors (Lipinski definition) is 2. The largest absolute Gasteiger partial charge is 0.508 e. The van der Waals surface area contributed by atoms with Crippen LogP contribution in [0.25, 0.3) is 22.6 Å². The summed E-state index contributed by atoms with van der Waals surface area (Å²) in [5.74, 6) is 0.614. The molecule has 1 saturated heterocycles. The molecule has 31 heavy (non-hydrogen) atoms. The van der Waals surface area contributed by atoms with Crippen LogP contribution < -0.4 is 11.2 Å². The third-order valence-corrected chi connectivity index (χ3v) is 5.58. The Kier molecular flexibility index (Phi) is 4.91. The van der Waals surface area contributed by atoms with Crippen LogP contribution in [-0.4, -0.2) is 36.9 Å². The first-order chi connectivity index (χ1) is 15.1. The van der Waals surface area contributed by atoms with E-state index in [9.17, 15) is 14.7 Å². The fourth-order valence-electron chi connectivity index (χ4n) is 4.12. The summed E-state index contributed by atoms with van der Waals surface area (Å²) in [6, 6.07) is 16.3. The highest BCUT2D eigenvalue weighted by Crippen LogP contribution is 2.27. The number of aromatic hydroxyl groups is 1. The molecule has 0 amide bonds. The van der Waals surface area contributed by atoms with E-state index in [1.165, 1.54) is 4.57 Å². The monoisotopic (exact) mass is 418 g/mol. The van der Waals surface area contributed by atoms with Gasteiger partial charge in [-0.05, 0) is 30.5 Å². The molecule has 4 aromatic rings. The number of benzene rings is 2. The van der Waals surface area contributed by atoms with E-state index in [0.29, 0.717) is 35.7 Å². The van der Waals surface area contributed by atoms with Crippen molar-refractivity contribution in [2.75, 3.05) is 6.61 Å². The maximum Gasteiger partial charge on any atom is 0.330 e. The summed E-state index contributed by atoms with van der Waals surface area (Å²) in [5, 5.41) is 9.99. The Balaban J connectivity index is 1.74. The molecule has 3 heterocycles. The van der Waals surface area contributed by atoms with Crippen LogP contribution in [0.4, 0.5) is 0 Å². The van der Waals surface area contributed by atoms with Gasteiger partial charge in [0.15, 0.2) is 11.2 Å². The number of phenolic OH excluding ortho intramolecular Hbond substituents is 1. The first-order valence-corrected chi connectivity index (χ1v) is 10.3. The number of phenols is 1. The van der Waals surface area contributed by atoms with Crippen molar-refractivity contribution in [1.29, 1.82) is 0 Å². The smallest absolute Gasteiger partial charge is 0.330 e. The van der Waals surface area contributed by atoms with E-state index in [1.54, 1.807) is 22.8 Å². The molecule has 0 radical (unpaired) electrons. The number of fused-ring (bicyclic) bond motifs is 1. The van der Waals surface area contributed by atoms with Crippen LogP contribution in [0.2, 0.25) is 0 Å². The Bertz CT molecular complexity index is 1350. The lowest BCUT2D eigenvalue weighted by molar-refractivity contribution is 0.0982. The molecule has 0 unspecified atom stereocenters. The summed E-state index contributed by atoms with van der Waals surface area (Å²) in [5.41, 5.74) is 1.22. The quantitative estimate of drug-likeness (QED) is 0.518. The normalized spacial score (nSPS) is 16.2. The van der Waals surface area contributed by atoms with E-state index >= 15 is 0 Å². The number of hydrogen-bond acceptors (Lipinski definition) is 5. The molecule has 2 N–H and O–H groups in total. The number of imidazole rings is 1. The lowest BCUT2D eigenvalue weighted by Gasteiger charge is -2.14. The highest BCUT2D eigenvalue weighted by Gasteiger charge is 2.24. The van der Waals surface area contributed by atoms with Crippen LogP contribution in [0.15, 0.2) is 64.2 Å². The van der Waals surface area contributed by atoms with E-state index in [0.717, 1.165) is 18.4 Å². The maximum atomic E-state index is 12.9. The van der Waals surface area contributed by atoms with Gasteiger partial charge in [-0.1, -0.05) is 42.5 Å². The molecule has 0 saturated carbocycles. The van der Waals surface area contributed by atoms with Crippen molar-refractivity contribution in [3.63, 3.8) is 0 Å². The van der Waals surface area contributed by atoms with Crippen molar-refractivity contribution in [2.45, 2.75) is 32.0 Å². The van der Waals surface area contributed by atoms with E-state index in [2.05, 4.69) is 4.98 Å². The topological polar surface area (TPSA) is 102 Å². The van der Waals surface area contributed by atoms with Gasteiger partial charge in [-0.2, -0.15) is 0 Å². The van der Waals surface area contributed by atoms with Gasteiger partial charge < -0.3 is 14.4 Å². The molecule has 1 aliphatic heterocycles. The van der Waals surface area contributed by atoms with Gasteiger partial charge in [-0.15, -0.1) is 0 Å². The number of aromatic amines is 1. The van der Waals surface area contributed by atoms with Gasteiger partial charge >= 0.3 is 5.69 Å². The van der Waals surface area contributed by atoms with Crippen LogP contribution in [0.5, 0.6) is 5.75 Å². The molecule has 5 rings (SSSR count). The van der Waals surface area contributed by atoms with Gasteiger partial charge in [0, 0.05) is 12.2 Å². The first kappa shape index (κ1) is 19.3. The van der Waals surface area contributed by atoms with Crippen LogP contribution in [-0.2, 0) is 17.8 Å². The second-order valence-corrected chi connectivity index (χ2v) is 7.73. The van der Waals surface area contributed by atoms with Crippen LogP contribution >= 0.6 is 0 Å². The van der Waals surface area contributed by atoms with E-state index < -0.39 is 11.2 Å². The zero-order chi connectivity index (χ0) is 21.4. The molecule has 8 nitrogen and oxygen atoms in total. The van der Waals surface area contributed by atoms with E-state index in [1.807, 2.05) is 36.4 Å². The molecular weight excluding hydrogens is 396 g/mol. The molecule has 0 bridgehead atoms. The number of nitrogens with zero attached hydrogens (tertiary/aromatic N) is 3. The third-order valence-electron chi connectivity index (χ3n) is 5.58. The Morgan fingerprint density at radius 2 is 1.94 bits per heavy atom. The number of rotatable bonds is 5. The summed E-state index contributed by atoms with van der Waals surface area (Å²) in [6.07, 6.45) is 1.82. The molecule has 158 valence electrons. The lowest BCUT2D eigenvalue weighted by atomic mass is 10.2. The van der Waals surface area contributed by atoms with Gasteiger partial charge in [0.1, 0.15) is 11.6 Å². The number of aromatic nitrogens is 4. The fourth-order valence-corrected chi connectivity index (χ4v) is 4.12. The first-order valence-electron chi connectivity index (χ1n) is 10.3. The van der Waals surface area contributed by atoms with Crippen molar-refractivity contribution in [1.82, 2.24) is 19.1 Å². The van der Waals surface area contributed by atoms with Gasteiger partial charge in [-0.25, -0.2) is 9.78 Å². The average Bonchev–Trinajstić information content (AvgIpc) is 3.40. The van der Waals surface area contributed by atoms with E-state index in [-0.39, 0.29) is 18.4 Å². The molecule has 8 heteroatoms. The fraction of sp³-hybridized carbons (Fsp3) is 0.261. The molecule has 1 fully saturated rings. The van der Waals surface area contributed by atoms with Crippen molar-refractivity contribution in [3.8, 4) is 17.1 Å². The zero-order valence-electron chi connectivity index (χ0n) is 16.8. The third kappa shape index (κ3) is 3.66. The molecule has 1 atom stereocenters. The van der Waals surface area contributed by atoms with Crippen molar-refractivity contribution < 1.29 is 9.84 Å². The highest BCUT2D eigenvalue weighted by atomic mass is 16.5. The Labute approximate surface area is 177 Å². The van der Waals surface area contributed by atoms with Gasteiger partial charge in [-0.3, -0.25) is 14.3 Å². The Hall–Kier alpha value is -3.65. The summed E-state index contributed by atoms with van der Waals surface area (Å²) >= 11 is 0. The molecular formula is C23H22N4O4. The Morgan fingerprint density at radius 1 is 1.10 bits per heavy atom. The minimum Gasteiger partial charge on any atom is -0.508 e. The second kappa shape index (κ2) is 7.88. The van der Waals surface area contributed by atoms with Crippen molar-refractivity contribution in [2.24, 2.45) is 0 Å². The molecule has 2 aromatic heterocycles. The molecule has 2 aromatic carbocycles. The van der Waals surface area contributed by atoms with Crippen molar-refractivity contribution in [3.05, 3.63) is 81.0 Å². The lowest BCUT2D eigenvalue weighted by Crippen LogP contribution is -2.32. The average molecular weight is 418 g/mol. The summed E-state index contributed by atoms with van der Waals surface area (Å²) in [4.78, 5) is 32.8. The molecule has 0 aliphatic carbocycles. The second-order valence-electron chi connectivity index (χ2n) is 7.73. The summed E-state index contributed by atoms with van der Waals surface area (Å²) in [7, 11) is 0. The Morgan fingerprint density at radius 3 is 2.68 bits per heavy atom. The van der Waals surface area contributed by atoms with Crippen LogP contribution in [0.3, 0.4) is 0 Å². The maximum absolute atomic E-state index is 12.9. The zero-order valence-corrected chi connectivity index (χ0v) is 16.8. The standard InChI is InChI=1S/C23H22N4O4/c28-17-9-4-8-16(12-17)20-24-21-19(26(20)14-18-10-5-11-31-18)22(29)25-23(30)27(21)13-15-6-2-1-3-7-15/h1-4,6-9,12,18,28H,5,10-11,13-14H2,(H,25,29,30)/t18-/m1/s1. The van der Waals surface area contributed by atoms with Crippen LogP contribution in [0, 0.1) is 0 Å².